The van der Waals surface area contributed by atoms with Crippen LogP contribution in [0.5, 0.6) is 0 Å². The van der Waals surface area contributed by atoms with Gasteiger partial charge in [0.25, 0.3) is 5.91 Å². The van der Waals surface area contributed by atoms with Gasteiger partial charge in [0.1, 0.15) is 12.1 Å². The lowest BCUT2D eigenvalue weighted by Gasteiger charge is -2.14. The molecule has 0 aromatic heterocycles. The summed E-state index contributed by atoms with van der Waals surface area (Å²) in [5, 5.41) is 23.6. The largest absolute Gasteiger partial charge is 0.480 e. The number of azide groups is 1. The molecule has 0 saturated heterocycles. The lowest BCUT2D eigenvalue weighted by atomic mass is 10.2. The van der Waals surface area contributed by atoms with Gasteiger partial charge >= 0.3 is 11.9 Å². The Hall–Kier alpha value is -2.40. The van der Waals surface area contributed by atoms with E-state index >= 15 is 0 Å². The molecule has 0 unspecified atom stereocenters. The maximum atomic E-state index is 12.1. The second-order valence-corrected chi connectivity index (χ2v) is 7.17. The van der Waals surface area contributed by atoms with Gasteiger partial charge in [0.05, 0.1) is 0 Å². The van der Waals surface area contributed by atoms with Crippen molar-refractivity contribution in [3.63, 3.8) is 0 Å². The number of nitrogens with zero attached hydrogens (tertiary/aromatic N) is 3. The van der Waals surface area contributed by atoms with Crippen LogP contribution in [0.1, 0.15) is 10.4 Å². The molecule has 0 heterocycles. The molecule has 25 heavy (non-hydrogen) atoms. The molecule has 10 nitrogen and oxygen atoms in total. The fourth-order valence-corrected chi connectivity index (χ4v) is 3.73. The van der Waals surface area contributed by atoms with Crippen molar-refractivity contribution in [3.8, 4) is 0 Å². The monoisotopic (exact) mass is 385 g/mol. The maximum Gasteiger partial charge on any atom is 0.327 e. The molecule has 0 radical (unpaired) electrons. The van der Waals surface area contributed by atoms with Crippen LogP contribution in [0, 0.1) is 0 Å². The van der Waals surface area contributed by atoms with E-state index in [1.807, 2.05) is 0 Å². The maximum absolute atomic E-state index is 12.1. The number of rotatable bonds is 10. The zero-order valence-corrected chi connectivity index (χ0v) is 14.4. The van der Waals surface area contributed by atoms with E-state index in [9.17, 15) is 14.4 Å². The second-order valence-electron chi connectivity index (χ2n) is 4.61. The van der Waals surface area contributed by atoms with Gasteiger partial charge in [-0.25, -0.2) is 4.79 Å². The Labute approximate surface area is 150 Å². The third kappa shape index (κ3) is 7.35. The molecule has 0 aliphatic heterocycles. The van der Waals surface area contributed by atoms with Gasteiger partial charge in [0.2, 0.25) is 0 Å². The molecule has 1 aromatic carbocycles. The third-order valence-electron chi connectivity index (χ3n) is 2.78. The van der Waals surface area contributed by atoms with E-state index in [2.05, 4.69) is 15.3 Å². The van der Waals surface area contributed by atoms with Crippen molar-refractivity contribution in [1.82, 2.24) is 5.32 Å². The summed E-state index contributed by atoms with van der Waals surface area (Å²) in [6, 6.07) is 3.50. The van der Waals surface area contributed by atoms with Crippen LogP contribution in [0.3, 0.4) is 0 Å². The molecule has 0 fully saturated rings. The summed E-state index contributed by atoms with van der Waals surface area (Å²) in [6.45, 7) is 0. The molecule has 12 heteroatoms. The standard InChI is InChI=1S/C13H15N5O5S2/c14-9(12(20)21)5-24-25-6-10(13(22)23)16-11(19)7-1-3-8(4-2-7)17-18-15/h1-4,9-10H,5-6,14H2,(H,16,19)(H,20,21)(H,22,23)/t9-,10-/m0/s1. The molecular weight excluding hydrogens is 370 g/mol. The number of carbonyl (C=O) groups excluding carboxylic acids is 1. The Morgan fingerprint density at radius 2 is 1.76 bits per heavy atom. The van der Waals surface area contributed by atoms with Gasteiger partial charge in [-0.3, -0.25) is 9.59 Å². The summed E-state index contributed by atoms with van der Waals surface area (Å²) in [4.78, 5) is 36.5. The van der Waals surface area contributed by atoms with E-state index in [1.54, 1.807) is 0 Å². The van der Waals surface area contributed by atoms with Crippen LogP contribution in [0.2, 0.25) is 0 Å². The van der Waals surface area contributed by atoms with E-state index < -0.39 is 29.9 Å². The molecule has 2 atom stereocenters. The Balaban J connectivity index is 2.56. The summed E-state index contributed by atoms with van der Waals surface area (Å²) in [6.07, 6.45) is 0. The highest BCUT2D eigenvalue weighted by Gasteiger charge is 2.21. The van der Waals surface area contributed by atoms with E-state index in [-0.39, 0.29) is 17.1 Å². The average molecular weight is 385 g/mol. The Kier molecular flexibility index (Phi) is 8.64. The van der Waals surface area contributed by atoms with Gasteiger partial charge in [-0.1, -0.05) is 38.8 Å². The van der Waals surface area contributed by atoms with Crippen molar-refractivity contribution >= 4 is 45.1 Å². The zero-order valence-electron chi connectivity index (χ0n) is 12.7. The van der Waals surface area contributed by atoms with Crippen molar-refractivity contribution in [1.29, 1.82) is 0 Å². The lowest BCUT2D eigenvalue weighted by Crippen LogP contribution is -2.42. The molecule has 1 rings (SSSR count). The Morgan fingerprint density at radius 1 is 1.16 bits per heavy atom. The molecule has 134 valence electrons. The molecule has 0 aliphatic rings. The van der Waals surface area contributed by atoms with Crippen molar-refractivity contribution < 1.29 is 24.6 Å². The fraction of sp³-hybridized carbons (Fsp3) is 0.308. The van der Waals surface area contributed by atoms with E-state index in [0.29, 0.717) is 5.69 Å². The molecule has 0 spiro atoms. The summed E-state index contributed by atoms with van der Waals surface area (Å²) in [5.74, 6) is -2.79. The Bertz CT molecular complexity index is 678. The van der Waals surface area contributed by atoms with Gasteiger partial charge in [0.15, 0.2) is 0 Å². The van der Waals surface area contributed by atoms with Crippen molar-refractivity contribution in [3.05, 3.63) is 40.3 Å². The molecule has 5 N–H and O–H groups in total. The highest BCUT2D eigenvalue weighted by atomic mass is 33.1. The number of benzene rings is 1. The van der Waals surface area contributed by atoms with Gasteiger partial charge in [0, 0.05) is 27.7 Å². The molecule has 0 aliphatic carbocycles. The first kappa shape index (κ1) is 20.6. The predicted molar refractivity (Wildman–Crippen MR) is 94.7 cm³/mol. The number of hydrogen-bond acceptors (Lipinski definition) is 7. The van der Waals surface area contributed by atoms with Gasteiger partial charge in [-0.15, -0.1) is 0 Å². The normalized spacial score (nSPS) is 12.5. The lowest BCUT2D eigenvalue weighted by molar-refractivity contribution is -0.139. The molecular formula is C13H15N5O5S2. The van der Waals surface area contributed by atoms with Crippen LogP contribution in [0.4, 0.5) is 5.69 Å². The summed E-state index contributed by atoms with van der Waals surface area (Å²) < 4.78 is 0. The number of carboxylic acid groups (broad SMARTS) is 2. The molecule has 0 bridgehead atoms. The van der Waals surface area contributed by atoms with Crippen LogP contribution < -0.4 is 11.1 Å². The highest BCUT2D eigenvalue weighted by molar-refractivity contribution is 8.76. The van der Waals surface area contributed by atoms with Gasteiger partial charge in [-0.05, 0) is 17.7 Å². The average Bonchev–Trinajstić information content (AvgIpc) is 2.57. The first-order chi connectivity index (χ1) is 11.8. The summed E-state index contributed by atoms with van der Waals surface area (Å²) in [5.41, 5.74) is 14.2. The number of nitrogens with one attached hydrogen (secondary N) is 1. The van der Waals surface area contributed by atoms with Crippen LogP contribution in [-0.4, -0.2) is 51.6 Å². The first-order valence-corrected chi connectivity index (χ1v) is 9.25. The minimum absolute atomic E-state index is 0.0366. The van der Waals surface area contributed by atoms with Crippen LogP contribution >= 0.6 is 21.6 Å². The van der Waals surface area contributed by atoms with E-state index in [4.69, 9.17) is 21.5 Å². The summed E-state index contributed by atoms with van der Waals surface area (Å²) >= 11 is 0. The number of amides is 1. The van der Waals surface area contributed by atoms with Gasteiger partial charge in [-0.2, -0.15) is 0 Å². The minimum atomic E-state index is -1.21. The third-order valence-corrected chi connectivity index (χ3v) is 5.22. The van der Waals surface area contributed by atoms with E-state index in [0.717, 1.165) is 21.6 Å². The SMILES string of the molecule is [N-]=[N+]=Nc1ccc(C(=O)N[C@@H](CSSC[C@H](N)C(=O)O)C(=O)O)cc1. The Morgan fingerprint density at radius 3 is 2.28 bits per heavy atom. The number of nitrogens with two attached hydrogens (primary N) is 1. The second kappa shape index (κ2) is 10.5. The smallest absolute Gasteiger partial charge is 0.327 e. The van der Waals surface area contributed by atoms with Crippen molar-refractivity contribution in [2.24, 2.45) is 10.8 Å². The number of carboxylic acids is 2. The van der Waals surface area contributed by atoms with Crippen LogP contribution in [-0.2, 0) is 9.59 Å². The minimum Gasteiger partial charge on any atom is -0.480 e. The van der Waals surface area contributed by atoms with Gasteiger partial charge < -0.3 is 21.3 Å². The topological polar surface area (TPSA) is 178 Å². The number of hydrogen-bond donors (Lipinski definition) is 4. The van der Waals surface area contributed by atoms with Crippen molar-refractivity contribution in [2.75, 3.05) is 11.5 Å². The number of carbonyl (C=O) groups is 3. The van der Waals surface area contributed by atoms with Crippen molar-refractivity contribution in [2.45, 2.75) is 12.1 Å². The predicted octanol–water partition coefficient (Wildman–Crippen LogP) is 1.60. The quantitative estimate of drug-likeness (QED) is 0.154. The fourth-order valence-electron chi connectivity index (χ4n) is 1.46. The summed E-state index contributed by atoms with van der Waals surface area (Å²) in [7, 11) is 2.22. The molecule has 1 amide bonds. The molecule has 1 aromatic rings. The molecule has 0 saturated carbocycles. The van der Waals surface area contributed by atoms with E-state index in [1.165, 1.54) is 24.3 Å². The van der Waals surface area contributed by atoms with Crippen LogP contribution in [0.25, 0.3) is 10.4 Å². The zero-order chi connectivity index (χ0) is 18.8. The number of aliphatic carboxylic acids is 2. The first-order valence-electron chi connectivity index (χ1n) is 6.76. The highest BCUT2D eigenvalue weighted by Crippen LogP contribution is 2.23. The van der Waals surface area contributed by atoms with Crippen LogP contribution in [0.15, 0.2) is 29.4 Å².